The van der Waals surface area contributed by atoms with E-state index in [2.05, 4.69) is 19.1 Å². The molecule has 2 aromatic rings. The zero-order valence-corrected chi connectivity index (χ0v) is 22.3. The minimum absolute atomic E-state index is 0.0257. The Morgan fingerprint density at radius 2 is 2.19 bits per heavy atom. The lowest BCUT2D eigenvalue weighted by Gasteiger charge is -2.19. The number of hydrogen-bond acceptors (Lipinski definition) is 7. The van der Waals surface area contributed by atoms with Gasteiger partial charge < -0.3 is 20.2 Å². The first-order valence-corrected chi connectivity index (χ1v) is 12.9. The number of allylic oxidation sites excluding steroid dienone is 6. The van der Waals surface area contributed by atoms with Gasteiger partial charge in [0.15, 0.2) is 5.78 Å². The van der Waals surface area contributed by atoms with Crippen molar-refractivity contribution >= 4 is 40.3 Å². The Balaban J connectivity index is 0.000000303. The SMILES string of the molecule is CCC1=CC=CC(Cl)C=C1.CN(Cc1cc2c(s1)CC(=O)C(C(N)=O)=CN2C)CC(O)c1ccoc1. The number of halogens is 1. The van der Waals surface area contributed by atoms with E-state index in [4.69, 9.17) is 21.8 Å². The van der Waals surface area contributed by atoms with Gasteiger partial charge in [0.05, 0.1) is 35.3 Å². The van der Waals surface area contributed by atoms with Gasteiger partial charge in [-0.25, -0.2) is 0 Å². The summed E-state index contributed by atoms with van der Waals surface area (Å²) in [5, 5.41) is 10.3. The Labute approximate surface area is 220 Å². The normalized spacial score (nSPS) is 18.0. The number of carbonyl (C=O) groups is 2. The molecule has 2 unspecified atom stereocenters. The van der Waals surface area contributed by atoms with Crippen LogP contribution in [0.1, 0.15) is 34.8 Å². The number of primary amides is 1. The molecule has 2 aliphatic rings. The third-order valence-corrected chi connectivity index (χ3v) is 7.17. The Morgan fingerprint density at radius 1 is 1.42 bits per heavy atom. The van der Waals surface area contributed by atoms with E-state index in [9.17, 15) is 14.7 Å². The standard InChI is InChI=1S/C18H21N3O4S.C9H11Cl/c1-20(9-16(23)11-3-4-25-10-11)7-12-5-14-17(26-12)6-15(22)13(18(19)24)8-21(14)2;1-2-8-4-3-5-9(10)7-6-8/h3-5,8,10,16,23H,6-7,9H2,1-2H3,(H2,19,24);3-7,9H,2H2,1H3. The van der Waals surface area contributed by atoms with Gasteiger partial charge in [0, 0.05) is 48.1 Å². The van der Waals surface area contributed by atoms with E-state index in [0.717, 1.165) is 27.4 Å². The summed E-state index contributed by atoms with van der Waals surface area (Å²) >= 11 is 7.37. The van der Waals surface area contributed by atoms with Gasteiger partial charge in [-0.2, -0.15) is 0 Å². The number of ketones is 1. The number of furan rings is 1. The number of carbonyl (C=O) groups excluding carboxylic acids is 2. The van der Waals surface area contributed by atoms with Crippen molar-refractivity contribution in [2.45, 2.75) is 37.8 Å². The van der Waals surface area contributed by atoms with Crippen LogP contribution >= 0.6 is 22.9 Å². The summed E-state index contributed by atoms with van der Waals surface area (Å²) in [6.45, 7) is 3.24. The predicted octanol–water partition coefficient (Wildman–Crippen LogP) is 4.49. The zero-order valence-electron chi connectivity index (χ0n) is 20.7. The summed E-state index contributed by atoms with van der Waals surface area (Å²) in [4.78, 5) is 29.4. The predicted molar refractivity (Wildman–Crippen MR) is 145 cm³/mol. The quantitative estimate of drug-likeness (QED) is 0.405. The van der Waals surface area contributed by atoms with Crippen LogP contribution in [0.5, 0.6) is 0 Å². The molecular formula is C27H32ClN3O4S. The molecule has 192 valence electrons. The maximum atomic E-state index is 12.2. The van der Waals surface area contributed by atoms with E-state index < -0.39 is 12.0 Å². The molecule has 4 rings (SSSR count). The molecule has 3 heterocycles. The molecule has 1 aliphatic heterocycles. The number of hydrogen-bond donors (Lipinski definition) is 2. The highest BCUT2D eigenvalue weighted by Gasteiger charge is 2.25. The zero-order chi connectivity index (χ0) is 26.2. The smallest absolute Gasteiger partial charge is 0.253 e. The first-order valence-electron chi connectivity index (χ1n) is 11.7. The highest BCUT2D eigenvalue weighted by Crippen LogP contribution is 2.34. The van der Waals surface area contributed by atoms with Crippen LogP contribution in [0.2, 0.25) is 0 Å². The first-order chi connectivity index (χ1) is 17.2. The lowest BCUT2D eigenvalue weighted by molar-refractivity contribution is -0.120. The number of aliphatic hydroxyl groups is 1. The Kier molecular flexibility index (Phi) is 9.89. The maximum absolute atomic E-state index is 12.2. The fourth-order valence-corrected chi connectivity index (χ4v) is 5.24. The van der Waals surface area contributed by atoms with Crippen LogP contribution in [0.25, 0.3) is 0 Å². The number of alkyl halides is 1. The van der Waals surface area contributed by atoms with Gasteiger partial charge in [0.2, 0.25) is 0 Å². The van der Waals surface area contributed by atoms with Gasteiger partial charge in [-0.1, -0.05) is 37.3 Å². The first kappa shape index (κ1) is 27.7. The van der Waals surface area contributed by atoms with Gasteiger partial charge in [0.1, 0.15) is 0 Å². The minimum atomic E-state index is -0.704. The number of Topliss-reactive ketones (excluding diaryl/α,β-unsaturated/α-hetero) is 1. The van der Waals surface area contributed by atoms with Crippen LogP contribution in [-0.4, -0.2) is 47.7 Å². The summed E-state index contributed by atoms with van der Waals surface area (Å²) in [5.41, 5.74) is 8.29. The Morgan fingerprint density at radius 3 is 2.86 bits per heavy atom. The summed E-state index contributed by atoms with van der Waals surface area (Å²) in [6, 6.07) is 3.75. The molecular weight excluding hydrogens is 498 g/mol. The second kappa shape index (κ2) is 12.9. The second-order valence-corrected chi connectivity index (χ2v) is 10.4. The number of nitrogens with two attached hydrogens (primary N) is 1. The number of amides is 1. The number of fused-ring (bicyclic) bond motifs is 1. The number of nitrogens with zero attached hydrogens (tertiary/aromatic N) is 2. The Bertz CT molecular complexity index is 1180. The van der Waals surface area contributed by atoms with Crippen LogP contribution in [0.4, 0.5) is 5.69 Å². The van der Waals surface area contributed by atoms with E-state index in [1.165, 1.54) is 35.6 Å². The van der Waals surface area contributed by atoms with Crippen molar-refractivity contribution in [1.29, 1.82) is 0 Å². The number of likely N-dealkylation sites (N-methyl/N-ethyl adjacent to an activating group) is 1. The summed E-state index contributed by atoms with van der Waals surface area (Å²) in [6.07, 6.45) is 15.4. The average Bonchev–Trinajstić information content (AvgIpc) is 3.42. The van der Waals surface area contributed by atoms with Gasteiger partial charge >= 0.3 is 0 Å². The number of rotatable bonds is 7. The minimum Gasteiger partial charge on any atom is -0.472 e. The summed E-state index contributed by atoms with van der Waals surface area (Å²) in [5.74, 6) is -0.967. The molecule has 2 atom stereocenters. The lowest BCUT2D eigenvalue weighted by atomic mass is 10.1. The number of anilines is 1. The third-order valence-electron chi connectivity index (χ3n) is 5.77. The fourth-order valence-electron chi connectivity index (χ4n) is 3.81. The van der Waals surface area contributed by atoms with Gasteiger partial charge in [-0.05, 0) is 31.2 Å². The highest BCUT2D eigenvalue weighted by molar-refractivity contribution is 7.12. The van der Waals surface area contributed by atoms with E-state index in [-0.39, 0.29) is 23.2 Å². The topological polar surface area (TPSA) is 100 Å². The van der Waals surface area contributed by atoms with E-state index in [0.29, 0.717) is 13.1 Å². The van der Waals surface area contributed by atoms with Crippen molar-refractivity contribution in [1.82, 2.24) is 4.90 Å². The molecule has 0 aromatic carbocycles. The lowest BCUT2D eigenvalue weighted by Crippen LogP contribution is -2.24. The van der Waals surface area contributed by atoms with Crippen LogP contribution in [0.15, 0.2) is 76.8 Å². The van der Waals surface area contributed by atoms with Crippen molar-refractivity contribution in [2.75, 3.05) is 25.5 Å². The van der Waals surface area contributed by atoms with Crippen molar-refractivity contribution in [3.05, 3.63) is 87.7 Å². The molecule has 0 fully saturated rings. The van der Waals surface area contributed by atoms with Crippen LogP contribution in [0, 0.1) is 0 Å². The average molecular weight is 530 g/mol. The molecule has 2 aromatic heterocycles. The number of aliphatic hydroxyl groups excluding tert-OH is 1. The van der Waals surface area contributed by atoms with Crippen LogP contribution in [0.3, 0.4) is 0 Å². The molecule has 1 aliphatic carbocycles. The second-order valence-electron chi connectivity index (χ2n) is 8.69. The van der Waals surface area contributed by atoms with Gasteiger partial charge in [-0.15, -0.1) is 22.9 Å². The van der Waals surface area contributed by atoms with Crippen LogP contribution in [-0.2, 0) is 22.6 Å². The third kappa shape index (κ3) is 7.54. The molecule has 0 bridgehead atoms. The monoisotopic (exact) mass is 529 g/mol. The molecule has 0 saturated heterocycles. The molecule has 0 spiro atoms. The molecule has 0 radical (unpaired) electrons. The molecule has 1 amide bonds. The fraction of sp³-hybridized carbons (Fsp3) is 0.333. The van der Waals surface area contributed by atoms with Gasteiger partial charge in [-0.3, -0.25) is 14.5 Å². The van der Waals surface area contributed by atoms with Gasteiger partial charge in [0.25, 0.3) is 5.91 Å². The summed E-state index contributed by atoms with van der Waals surface area (Å²) in [7, 11) is 3.72. The highest BCUT2D eigenvalue weighted by atomic mass is 35.5. The van der Waals surface area contributed by atoms with Crippen molar-refractivity contribution in [3.63, 3.8) is 0 Å². The van der Waals surface area contributed by atoms with E-state index in [1.54, 1.807) is 18.0 Å². The molecule has 36 heavy (non-hydrogen) atoms. The molecule has 9 heteroatoms. The van der Waals surface area contributed by atoms with E-state index >= 15 is 0 Å². The number of thiophene rings is 1. The van der Waals surface area contributed by atoms with Crippen molar-refractivity contribution < 1.29 is 19.1 Å². The van der Waals surface area contributed by atoms with Crippen LogP contribution < -0.4 is 10.6 Å². The van der Waals surface area contributed by atoms with E-state index in [1.807, 2.05) is 36.2 Å². The largest absolute Gasteiger partial charge is 0.472 e. The molecule has 7 nitrogen and oxygen atoms in total. The van der Waals surface area contributed by atoms with Crippen molar-refractivity contribution in [2.24, 2.45) is 5.73 Å². The molecule has 0 saturated carbocycles. The Hall–Kier alpha value is -2.91. The summed E-state index contributed by atoms with van der Waals surface area (Å²) < 4.78 is 5.00. The van der Waals surface area contributed by atoms with Crippen molar-refractivity contribution in [3.8, 4) is 0 Å². The maximum Gasteiger partial charge on any atom is 0.253 e. The molecule has 3 N–H and O–H groups in total.